The first-order valence-corrected chi connectivity index (χ1v) is 6.27. The number of anilines is 1. The fraction of sp³-hybridized carbons (Fsp3) is 0.385. The summed E-state index contributed by atoms with van der Waals surface area (Å²) in [6.07, 6.45) is 1.17. The SMILES string of the molecule is COC(=O)[C@H](CC(=O)O)NC(=O)CCNc1ccccn1. The van der Waals surface area contributed by atoms with Gasteiger partial charge in [0.25, 0.3) is 0 Å². The molecule has 1 amide bonds. The van der Waals surface area contributed by atoms with E-state index in [1.165, 1.54) is 0 Å². The lowest BCUT2D eigenvalue weighted by Crippen LogP contribution is -2.43. The predicted molar refractivity (Wildman–Crippen MR) is 73.5 cm³/mol. The Hall–Kier alpha value is -2.64. The zero-order valence-corrected chi connectivity index (χ0v) is 11.5. The molecule has 8 heteroatoms. The quantitative estimate of drug-likeness (QED) is 0.578. The van der Waals surface area contributed by atoms with Crippen LogP contribution in [0, 0.1) is 0 Å². The number of carboxylic acid groups (broad SMARTS) is 1. The molecular formula is C13H17N3O5. The first-order valence-electron chi connectivity index (χ1n) is 6.27. The molecule has 0 radical (unpaired) electrons. The Morgan fingerprint density at radius 3 is 2.71 bits per heavy atom. The molecule has 1 aromatic rings. The van der Waals surface area contributed by atoms with Crippen molar-refractivity contribution in [3.05, 3.63) is 24.4 Å². The van der Waals surface area contributed by atoms with Gasteiger partial charge < -0.3 is 20.5 Å². The van der Waals surface area contributed by atoms with Gasteiger partial charge in [-0.2, -0.15) is 0 Å². The monoisotopic (exact) mass is 295 g/mol. The Morgan fingerprint density at radius 1 is 1.38 bits per heavy atom. The molecule has 1 atom stereocenters. The highest BCUT2D eigenvalue weighted by molar-refractivity contribution is 5.87. The number of rotatable bonds is 8. The van der Waals surface area contributed by atoms with Crippen LogP contribution in [-0.2, 0) is 19.1 Å². The molecule has 0 saturated heterocycles. The number of methoxy groups -OCH3 is 1. The topological polar surface area (TPSA) is 118 Å². The van der Waals surface area contributed by atoms with Crippen molar-refractivity contribution in [2.24, 2.45) is 0 Å². The van der Waals surface area contributed by atoms with Crippen LogP contribution in [0.4, 0.5) is 5.82 Å². The Kier molecular flexibility index (Phi) is 6.66. The molecule has 3 N–H and O–H groups in total. The third-order valence-electron chi connectivity index (χ3n) is 2.52. The minimum Gasteiger partial charge on any atom is -0.481 e. The maximum atomic E-state index is 11.7. The molecule has 0 aliphatic carbocycles. The number of pyridine rings is 1. The van der Waals surface area contributed by atoms with Crippen LogP contribution in [0.1, 0.15) is 12.8 Å². The number of nitrogens with one attached hydrogen (secondary N) is 2. The summed E-state index contributed by atoms with van der Waals surface area (Å²) in [6, 6.07) is 4.13. The minimum atomic E-state index is -1.20. The predicted octanol–water partition coefficient (Wildman–Crippen LogP) is 0.0161. The molecule has 0 spiro atoms. The first kappa shape index (κ1) is 16.4. The van der Waals surface area contributed by atoms with Crippen molar-refractivity contribution in [2.45, 2.75) is 18.9 Å². The molecule has 1 aromatic heterocycles. The number of esters is 1. The van der Waals surface area contributed by atoms with E-state index in [0.29, 0.717) is 12.4 Å². The largest absolute Gasteiger partial charge is 0.481 e. The van der Waals surface area contributed by atoms with Crippen LogP contribution in [-0.4, -0.2) is 47.6 Å². The van der Waals surface area contributed by atoms with Crippen LogP contribution in [0.15, 0.2) is 24.4 Å². The molecule has 0 fully saturated rings. The Balaban J connectivity index is 2.39. The van der Waals surface area contributed by atoms with Crippen molar-refractivity contribution >= 4 is 23.7 Å². The van der Waals surface area contributed by atoms with Crippen molar-refractivity contribution in [1.29, 1.82) is 0 Å². The maximum absolute atomic E-state index is 11.7. The highest BCUT2D eigenvalue weighted by Crippen LogP contribution is 2.00. The maximum Gasteiger partial charge on any atom is 0.328 e. The summed E-state index contributed by atoms with van der Waals surface area (Å²) in [5, 5.41) is 13.9. The number of aromatic nitrogens is 1. The number of nitrogens with zero attached hydrogens (tertiary/aromatic N) is 1. The van der Waals surface area contributed by atoms with Gasteiger partial charge in [0.05, 0.1) is 13.5 Å². The first-order chi connectivity index (χ1) is 10.0. The molecule has 0 aromatic carbocycles. The summed E-state index contributed by atoms with van der Waals surface area (Å²) in [4.78, 5) is 37.7. The minimum absolute atomic E-state index is 0.0731. The standard InChI is InChI=1S/C13H17N3O5/c1-21-13(20)9(8-12(18)19)16-11(17)5-7-15-10-4-2-3-6-14-10/h2-4,6,9H,5,7-8H2,1H3,(H,14,15)(H,16,17)(H,18,19)/t9-/m0/s1. The third kappa shape index (κ3) is 6.37. The molecule has 0 bridgehead atoms. The van der Waals surface area contributed by atoms with Gasteiger partial charge in [-0.3, -0.25) is 9.59 Å². The van der Waals surface area contributed by atoms with Gasteiger partial charge >= 0.3 is 11.9 Å². The lowest BCUT2D eigenvalue weighted by Gasteiger charge is -2.14. The number of carboxylic acids is 1. The summed E-state index contributed by atoms with van der Waals surface area (Å²) >= 11 is 0. The zero-order chi connectivity index (χ0) is 15.7. The summed E-state index contributed by atoms with van der Waals surface area (Å²) < 4.78 is 4.45. The molecule has 1 heterocycles. The van der Waals surface area contributed by atoms with Crippen molar-refractivity contribution in [3.63, 3.8) is 0 Å². The normalized spacial score (nSPS) is 11.3. The highest BCUT2D eigenvalue weighted by atomic mass is 16.5. The second kappa shape index (κ2) is 8.51. The highest BCUT2D eigenvalue weighted by Gasteiger charge is 2.24. The number of carbonyl (C=O) groups is 3. The third-order valence-corrected chi connectivity index (χ3v) is 2.52. The molecule has 0 aliphatic rings. The van der Waals surface area contributed by atoms with Crippen LogP contribution in [0.25, 0.3) is 0 Å². The average Bonchev–Trinajstić information content (AvgIpc) is 2.46. The number of amides is 1. The molecular weight excluding hydrogens is 278 g/mol. The summed E-state index contributed by atoms with van der Waals surface area (Å²) in [5.74, 6) is -1.81. The van der Waals surface area contributed by atoms with Crippen LogP contribution < -0.4 is 10.6 Å². The number of aliphatic carboxylic acids is 1. The van der Waals surface area contributed by atoms with Crippen LogP contribution in [0.2, 0.25) is 0 Å². The molecule has 0 saturated carbocycles. The van der Waals surface area contributed by atoms with Gasteiger partial charge in [0.1, 0.15) is 11.9 Å². The van der Waals surface area contributed by atoms with Gasteiger partial charge in [-0.15, -0.1) is 0 Å². The Labute approximate surface area is 121 Å². The Bertz CT molecular complexity index is 492. The second-order valence-electron chi connectivity index (χ2n) is 4.13. The van der Waals surface area contributed by atoms with Gasteiger partial charge in [-0.25, -0.2) is 9.78 Å². The molecule has 0 aliphatic heterocycles. The van der Waals surface area contributed by atoms with Gasteiger partial charge in [0.2, 0.25) is 5.91 Å². The van der Waals surface area contributed by atoms with E-state index in [0.717, 1.165) is 7.11 Å². The van der Waals surface area contributed by atoms with Gasteiger partial charge in [0, 0.05) is 19.2 Å². The van der Waals surface area contributed by atoms with Gasteiger partial charge in [0.15, 0.2) is 0 Å². The van der Waals surface area contributed by atoms with Crippen molar-refractivity contribution in [1.82, 2.24) is 10.3 Å². The van der Waals surface area contributed by atoms with E-state index < -0.39 is 30.3 Å². The van der Waals surface area contributed by atoms with E-state index >= 15 is 0 Å². The molecule has 114 valence electrons. The zero-order valence-electron chi connectivity index (χ0n) is 11.5. The van der Waals surface area contributed by atoms with Crippen molar-refractivity contribution < 1.29 is 24.2 Å². The summed E-state index contributed by atoms with van der Waals surface area (Å²) in [7, 11) is 1.13. The lowest BCUT2D eigenvalue weighted by molar-refractivity contribution is -0.149. The number of carbonyl (C=O) groups excluding carboxylic acids is 2. The van der Waals surface area contributed by atoms with E-state index in [-0.39, 0.29) is 6.42 Å². The number of hydrogen-bond acceptors (Lipinski definition) is 6. The summed E-state index contributed by atoms with van der Waals surface area (Å²) in [5.41, 5.74) is 0. The molecule has 1 rings (SSSR count). The second-order valence-corrected chi connectivity index (χ2v) is 4.13. The van der Waals surface area contributed by atoms with Gasteiger partial charge in [-0.05, 0) is 12.1 Å². The molecule has 0 unspecified atom stereocenters. The number of hydrogen-bond donors (Lipinski definition) is 3. The van der Waals surface area contributed by atoms with Gasteiger partial charge in [-0.1, -0.05) is 6.07 Å². The molecule has 8 nitrogen and oxygen atoms in total. The van der Waals surface area contributed by atoms with E-state index in [2.05, 4.69) is 20.4 Å². The van der Waals surface area contributed by atoms with Crippen LogP contribution >= 0.6 is 0 Å². The van der Waals surface area contributed by atoms with Crippen molar-refractivity contribution in [2.75, 3.05) is 19.0 Å². The van der Waals surface area contributed by atoms with Crippen LogP contribution in [0.3, 0.4) is 0 Å². The fourth-order valence-corrected chi connectivity index (χ4v) is 1.55. The Morgan fingerprint density at radius 2 is 2.14 bits per heavy atom. The molecule has 21 heavy (non-hydrogen) atoms. The van der Waals surface area contributed by atoms with E-state index in [1.54, 1.807) is 24.4 Å². The van der Waals surface area contributed by atoms with E-state index in [4.69, 9.17) is 5.11 Å². The lowest BCUT2D eigenvalue weighted by atomic mass is 10.2. The average molecular weight is 295 g/mol. The number of ether oxygens (including phenoxy) is 1. The van der Waals surface area contributed by atoms with Crippen molar-refractivity contribution in [3.8, 4) is 0 Å². The van der Waals surface area contributed by atoms with Crippen LogP contribution in [0.5, 0.6) is 0 Å². The van der Waals surface area contributed by atoms with E-state index in [9.17, 15) is 14.4 Å². The summed E-state index contributed by atoms with van der Waals surface area (Å²) in [6.45, 7) is 0.309. The van der Waals surface area contributed by atoms with E-state index in [1.807, 2.05) is 0 Å². The fourth-order valence-electron chi connectivity index (χ4n) is 1.55. The smallest absolute Gasteiger partial charge is 0.328 e.